The maximum atomic E-state index is 6.22. The van der Waals surface area contributed by atoms with Gasteiger partial charge in [0.05, 0.1) is 5.02 Å². The lowest BCUT2D eigenvalue weighted by Gasteiger charge is -2.12. The Kier molecular flexibility index (Phi) is 4.48. The Morgan fingerprint density at radius 2 is 2.19 bits per heavy atom. The molecule has 0 aliphatic heterocycles. The number of benzene rings is 1. The van der Waals surface area contributed by atoms with Gasteiger partial charge in [0.15, 0.2) is 0 Å². The molecule has 3 rings (SSSR count). The number of hydrogen-bond donors (Lipinski definition) is 1. The van der Waals surface area contributed by atoms with Gasteiger partial charge in [-0.1, -0.05) is 17.7 Å². The van der Waals surface area contributed by atoms with Crippen molar-refractivity contribution in [3.05, 3.63) is 51.1 Å². The predicted octanol–water partition coefficient (Wildman–Crippen LogP) is 4.85. The molecule has 110 valence electrons. The standard InChI is InChI=1S/C16H16BrClN2O/c1-10-2-5-15(14(18)6-10)21-16-11(7-12(17)9-20-16)8-19-13-3-4-13/h2,5-7,9,13,19H,3-4,8H2,1H3. The van der Waals surface area contributed by atoms with Crippen molar-refractivity contribution in [3.63, 3.8) is 0 Å². The maximum Gasteiger partial charge on any atom is 0.223 e. The normalized spacial score (nSPS) is 14.2. The van der Waals surface area contributed by atoms with Gasteiger partial charge in [0.1, 0.15) is 5.75 Å². The molecule has 2 aromatic rings. The lowest BCUT2D eigenvalue weighted by Crippen LogP contribution is -2.16. The Morgan fingerprint density at radius 3 is 2.90 bits per heavy atom. The van der Waals surface area contributed by atoms with Gasteiger partial charge in [0.25, 0.3) is 0 Å². The molecule has 1 fully saturated rings. The van der Waals surface area contributed by atoms with Crippen molar-refractivity contribution in [2.75, 3.05) is 0 Å². The summed E-state index contributed by atoms with van der Waals surface area (Å²) in [5.74, 6) is 1.22. The topological polar surface area (TPSA) is 34.1 Å². The SMILES string of the molecule is Cc1ccc(Oc2ncc(Br)cc2CNC2CC2)c(Cl)c1. The fourth-order valence-corrected chi connectivity index (χ4v) is 2.67. The highest BCUT2D eigenvalue weighted by molar-refractivity contribution is 9.10. The Bertz CT molecular complexity index is 659. The summed E-state index contributed by atoms with van der Waals surface area (Å²) in [5, 5.41) is 4.07. The second-order valence-corrected chi connectivity index (χ2v) is 6.63. The Labute approximate surface area is 137 Å². The number of hydrogen-bond acceptors (Lipinski definition) is 3. The van der Waals surface area contributed by atoms with E-state index in [1.54, 1.807) is 6.20 Å². The Hall–Kier alpha value is -1.10. The molecule has 0 saturated heterocycles. The van der Waals surface area contributed by atoms with E-state index in [9.17, 15) is 0 Å². The van der Waals surface area contributed by atoms with Crippen molar-refractivity contribution in [1.82, 2.24) is 10.3 Å². The van der Waals surface area contributed by atoms with Crippen LogP contribution in [0.1, 0.15) is 24.0 Å². The molecule has 1 saturated carbocycles. The average Bonchev–Trinajstić information content (AvgIpc) is 3.26. The van der Waals surface area contributed by atoms with Crippen molar-refractivity contribution in [1.29, 1.82) is 0 Å². The van der Waals surface area contributed by atoms with Crippen LogP contribution in [0, 0.1) is 6.92 Å². The highest BCUT2D eigenvalue weighted by Gasteiger charge is 2.21. The number of halogens is 2. The van der Waals surface area contributed by atoms with E-state index < -0.39 is 0 Å². The van der Waals surface area contributed by atoms with Gasteiger partial charge in [-0.25, -0.2) is 4.98 Å². The van der Waals surface area contributed by atoms with Crippen LogP contribution in [0.15, 0.2) is 34.9 Å². The minimum absolute atomic E-state index is 0.595. The number of aryl methyl sites for hydroxylation is 1. The van der Waals surface area contributed by atoms with Gasteiger partial charge in [-0.2, -0.15) is 0 Å². The first-order valence-electron chi connectivity index (χ1n) is 6.93. The van der Waals surface area contributed by atoms with Gasteiger partial charge in [-0.3, -0.25) is 0 Å². The Morgan fingerprint density at radius 1 is 1.38 bits per heavy atom. The number of nitrogens with one attached hydrogen (secondary N) is 1. The van der Waals surface area contributed by atoms with Crippen molar-refractivity contribution in [3.8, 4) is 11.6 Å². The fraction of sp³-hybridized carbons (Fsp3) is 0.312. The van der Waals surface area contributed by atoms with Gasteiger partial charge in [0, 0.05) is 28.8 Å². The molecule has 21 heavy (non-hydrogen) atoms. The average molecular weight is 368 g/mol. The summed E-state index contributed by atoms with van der Waals surface area (Å²) < 4.78 is 6.84. The van der Waals surface area contributed by atoms with Crippen molar-refractivity contribution in [2.24, 2.45) is 0 Å². The molecule has 0 atom stereocenters. The van der Waals surface area contributed by atoms with E-state index in [-0.39, 0.29) is 0 Å². The monoisotopic (exact) mass is 366 g/mol. The molecule has 1 aliphatic rings. The second-order valence-electron chi connectivity index (χ2n) is 5.31. The fourth-order valence-electron chi connectivity index (χ4n) is 2.02. The Balaban J connectivity index is 1.82. The first-order valence-corrected chi connectivity index (χ1v) is 8.11. The molecule has 5 heteroatoms. The number of aromatic nitrogens is 1. The van der Waals surface area contributed by atoms with Gasteiger partial charge < -0.3 is 10.1 Å². The van der Waals surface area contributed by atoms with Crippen LogP contribution in [0.5, 0.6) is 11.6 Å². The van der Waals surface area contributed by atoms with Crippen molar-refractivity contribution >= 4 is 27.5 Å². The minimum Gasteiger partial charge on any atom is -0.437 e. The highest BCUT2D eigenvalue weighted by atomic mass is 79.9. The number of ether oxygens (including phenoxy) is 1. The van der Waals surface area contributed by atoms with Crippen molar-refractivity contribution in [2.45, 2.75) is 32.4 Å². The summed E-state index contributed by atoms with van der Waals surface area (Å²) in [6.45, 7) is 2.74. The summed E-state index contributed by atoms with van der Waals surface area (Å²) >= 11 is 9.68. The third kappa shape index (κ3) is 3.96. The van der Waals surface area contributed by atoms with Crippen LogP contribution < -0.4 is 10.1 Å². The van der Waals surface area contributed by atoms with Gasteiger partial charge >= 0.3 is 0 Å². The molecule has 0 unspecified atom stereocenters. The summed E-state index contributed by atoms with van der Waals surface area (Å²) in [6, 6.07) is 8.40. The predicted molar refractivity (Wildman–Crippen MR) is 88.1 cm³/mol. The third-order valence-corrected chi connectivity index (χ3v) is 4.07. The quantitative estimate of drug-likeness (QED) is 0.820. The molecule has 1 aromatic carbocycles. The zero-order chi connectivity index (χ0) is 14.8. The zero-order valence-electron chi connectivity index (χ0n) is 11.7. The molecule has 0 spiro atoms. The van der Waals surface area contributed by atoms with Gasteiger partial charge in [-0.15, -0.1) is 0 Å². The largest absolute Gasteiger partial charge is 0.437 e. The molecule has 1 heterocycles. The zero-order valence-corrected chi connectivity index (χ0v) is 14.0. The molecule has 1 aliphatic carbocycles. The smallest absolute Gasteiger partial charge is 0.223 e. The van der Waals surface area contributed by atoms with E-state index in [0.717, 1.165) is 22.1 Å². The molecule has 1 aromatic heterocycles. The number of pyridine rings is 1. The van der Waals surface area contributed by atoms with Crippen LogP contribution in [0.3, 0.4) is 0 Å². The van der Waals surface area contributed by atoms with Crippen LogP contribution in [-0.2, 0) is 6.54 Å². The first-order chi connectivity index (χ1) is 10.1. The van der Waals surface area contributed by atoms with Crippen LogP contribution in [0.2, 0.25) is 5.02 Å². The second kappa shape index (κ2) is 6.34. The summed E-state index contributed by atoms with van der Waals surface area (Å²) in [4.78, 5) is 4.37. The number of nitrogens with zero attached hydrogens (tertiary/aromatic N) is 1. The summed E-state index contributed by atoms with van der Waals surface area (Å²) in [7, 11) is 0. The minimum atomic E-state index is 0.595. The first kappa shape index (κ1) is 14.8. The summed E-state index contributed by atoms with van der Waals surface area (Å²) in [5.41, 5.74) is 2.12. The number of rotatable bonds is 5. The van der Waals surface area contributed by atoms with E-state index in [4.69, 9.17) is 16.3 Å². The maximum absolute atomic E-state index is 6.22. The third-order valence-electron chi connectivity index (χ3n) is 3.34. The van der Waals surface area contributed by atoms with Crippen LogP contribution in [0.4, 0.5) is 0 Å². The van der Waals surface area contributed by atoms with E-state index >= 15 is 0 Å². The highest BCUT2D eigenvalue weighted by Crippen LogP contribution is 2.32. The lowest BCUT2D eigenvalue weighted by atomic mass is 10.2. The molecule has 0 radical (unpaired) electrons. The van der Waals surface area contributed by atoms with E-state index in [2.05, 4.69) is 26.2 Å². The molecule has 3 nitrogen and oxygen atoms in total. The molecule has 1 N–H and O–H groups in total. The molecule has 0 bridgehead atoms. The van der Waals surface area contributed by atoms with Gasteiger partial charge in [0.2, 0.25) is 5.88 Å². The lowest BCUT2D eigenvalue weighted by molar-refractivity contribution is 0.452. The summed E-state index contributed by atoms with van der Waals surface area (Å²) in [6.07, 6.45) is 4.24. The van der Waals surface area contributed by atoms with Crippen LogP contribution in [-0.4, -0.2) is 11.0 Å². The van der Waals surface area contributed by atoms with E-state index in [1.807, 2.05) is 31.2 Å². The van der Waals surface area contributed by atoms with E-state index in [0.29, 0.717) is 22.7 Å². The van der Waals surface area contributed by atoms with Crippen molar-refractivity contribution < 1.29 is 4.74 Å². The molecule has 0 amide bonds. The van der Waals surface area contributed by atoms with Crippen LogP contribution >= 0.6 is 27.5 Å². The van der Waals surface area contributed by atoms with Gasteiger partial charge in [-0.05, 0) is 59.5 Å². The molecular weight excluding hydrogens is 352 g/mol. The molecular formula is C16H16BrClN2O. The van der Waals surface area contributed by atoms with E-state index in [1.165, 1.54) is 12.8 Å². The van der Waals surface area contributed by atoms with Crippen LogP contribution in [0.25, 0.3) is 0 Å².